The van der Waals surface area contributed by atoms with Crippen LogP contribution in [0.25, 0.3) is 17.1 Å². The molecule has 1 N–H and O–H groups in total. The zero-order valence-corrected chi connectivity index (χ0v) is 16.8. The molecule has 0 bridgehead atoms. The number of para-hydroxylation sites is 2. The van der Waals surface area contributed by atoms with Gasteiger partial charge in [0.25, 0.3) is 0 Å². The number of carbonyl (C=O) groups is 2. The molecule has 3 aromatic rings. The molecule has 2 saturated heterocycles. The zero-order chi connectivity index (χ0) is 20.5. The monoisotopic (exact) mass is 400 g/mol. The molecule has 6 heteroatoms. The molecule has 30 heavy (non-hydrogen) atoms. The second-order valence-electron chi connectivity index (χ2n) is 7.90. The topological polar surface area (TPSA) is 69.3 Å². The van der Waals surface area contributed by atoms with Crippen molar-refractivity contribution in [2.45, 2.75) is 31.7 Å². The summed E-state index contributed by atoms with van der Waals surface area (Å²) in [6.45, 7) is 1.52. The van der Waals surface area contributed by atoms with Gasteiger partial charge in [0.1, 0.15) is 5.82 Å². The highest BCUT2D eigenvalue weighted by molar-refractivity contribution is 5.95. The van der Waals surface area contributed by atoms with Crippen LogP contribution in [-0.2, 0) is 9.59 Å². The number of imidazole rings is 1. The van der Waals surface area contributed by atoms with Gasteiger partial charge in [-0.25, -0.2) is 4.98 Å². The summed E-state index contributed by atoms with van der Waals surface area (Å²) >= 11 is 0. The maximum atomic E-state index is 12.9. The number of fused-ring (bicyclic) bond motifs is 1. The third kappa shape index (κ3) is 3.49. The Kier molecular flexibility index (Phi) is 4.83. The Hall–Kier alpha value is -3.41. The van der Waals surface area contributed by atoms with E-state index >= 15 is 0 Å². The van der Waals surface area contributed by atoms with E-state index in [1.807, 2.05) is 64.4 Å². The number of nitrogens with zero attached hydrogens (tertiary/aromatic N) is 3. The van der Waals surface area contributed by atoms with Crippen molar-refractivity contribution in [2.24, 2.45) is 0 Å². The molecule has 0 radical (unpaired) electrons. The molecule has 2 fully saturated rings. The van der Waals surface area contributed by atoms with Crippen molar-refractivity contribution in [1.82, 2.24) is 14.9 Å². The Bertz CT molecular complexity index is 1080. The quantitative estimate of drug-likeness (QED) is 0.672. The molecule has 0 spiro atoms. The van der Waals surface area contributed by atoms with E-state index in [0.717, 1.165) is 60.5 Å². The summed E-state index contributed by atoms with van der Waals surface area (Å²) in [5.41, 5.74) is 3.79. The third-order valence-corrected chi connectivity index (χ3v) is 5.96. The van der Waals surface area contributed by atoms with Crippen LogP contribution in [-0.4, -0.2) is 39.8 Å². The molecule has 0 saturated carbocycles. The smallest absolute Gasteiger partial charge is 0.247 e. The van der Waals surface area contributed by atoms with Crippen molar-refractivity contribution >= 4 is 34.6 Å². The first kappa shape index (κ1) is 18.6. The fraction of sp³-hybridized carbons (Fsp3) is 0.292. The summed E-state index contributed by atoms with van der Waals surface area (Å²) in [6, 6.07) is 15.7. The van der Waals surface area contributed by atoms with Crippen LogP contribution >= 0.6 is 0 Å². The van der Waals surface area contributed by atoms with Crippen molar-refractivity contribution < 1.29 is 9.59 Å². The van der Waals surface area contributed by atoms with E-state index in [-0.39, 0.29) is 17.9 Å². The number of amides is 2. The molecule has 6 nitrogen and oxygen atoms in total. The number of anilines is 1. The number of H-pyrrole nitrogens is 1. The van der Waals surface area contributed by atoms with Gasteiger partial charge >= 0.3 is 0 Å². The second-order valence-corrected chi connectivity index (χ2v) is 7.90. The molecule has 0 aliphatic carbocycles. The van der Waals surface area contributed by atoms with Crippen LogP contribution in [0.15, 0.2) is 54.6 Å². The molecule has 3 heterocycles. The lowest BCUT2D eigenvalue weighted by atomic mass is 10.1. The summed E-state index contributed by atoms with van der Waals surface area (Å²) in [5.74, 6) is 1.03. The number of aromatic amines is 1. The van der Waals surface area contributed by atoms with Crippen LogP contribution in [0.4, 0.5) is 5.69 Å². The number of benzene rings is 2. The summed E-state index contributed by atoms with van der Waals surface area (Å²) in [4.78, 5) is 36.5. The zero-order valence-electron chi connectivity index (χ0n) is 16.8. The molecular weight excluding hydrogens is 376 g/mol. The molecular formula is C24H24N4O2. The predicted octanol–water partition coefficient (Wildman–Crippen LogP) is 4.07. The highest BCUT2D eigenvalue weighted by atomic mass is 16.2. The van der Waals surface area contributed by atoms with Gasteiger partial charge in [0.2, 0.25) is 11.8 Å². The van der Waals surface area contributed by atoms with E-state index in [2.05, 4.69) is 4.98 Å². The molecule has 1 atom stereocenters. The largest absolute Gasteiger partial charge is 0.340 e. The predicted molar refractivity (Wildman–Crippen MR) is 117 cm³/mol. The Balaban J connectivity index is 1.29. The van der Waals surface area contributed by atoms with Gasteiger partial charge in [0.05, 0.1) is 17.1 Å². The maximum Gasteiger partial charge on any atom is 0.247 e. The van der Waals surface area contributed by atoms with E-state index in [1.54, 1.807) is 6.08 Å². The van der Waals surface area contributed by atoms with Crippen molar-refractivity contribution in [2.75, 3.05) is 18.0 Å². The summed E-state index contributed by atoms with van der Waals surface area (Å²) in [7, 11) is 0. The molecule has 2 aliphatic rings. The van der Waals surface area contributed by atoms with Gasteiger partial charge in [-0.05, 0) is 55.2 Å². The van der Waals surface area contributed by atoms with Gasteiger partial charge < -0.3 is 14.8 Å². The number of hydrogen-bond acceptors (Lipinski definition) is 3. The standard InChI is InChI=1S/C24H24N4O2/c29-22-8-4-15-27(22)18-12-9-17(10-13-18)11-14-23(30)28-16-3-7-21(28)24-25-19-5-1-2-6-20(19)26-24/h1-2,5-6,9-14,21H,3-4,7-8,15-16H2,(H,25,26). The van der Waals surface area contributed by atoms with Gasteiger partial charge in [-0.1, -0.05) is 24.3 Å². The Morgan fingerprint density at radius 3 is 2.67 bits per heavy atom. The van der Waals surface area contributed by atoms with Crippen molar-refractivity contribution in [3.63, 3.8) is 0 Å². The van der Waals surface area contributed by atoms with E-state index in [9.17, 15) is 9.59 Å². The number of carbonyl (C=O) groups excluding carboxylic acids is 2. The minimum atomic E-state index is -0.0156. The first-order valence-corrected chi connectivity index (χ1v) is 10.5. The first-order chi connectivity index (χ1) is 14.7. The van der Waals surface area contributed by atoms with Gasteiger partial charge in [-0.15, -0.1) is 0 Å². The lowest BCUT2D eigenvalue weighted by molar-refractivity contribution is -0.127. The Labute approximate surface area is 175 Å². The van der Waals surface area contributed by atoms with Crippen molar-refractivity contribution in [1.29, 1.82) is 0 Å². The van der Waals surface area contributed by atoms with Gasteiger partial charge in [0, 0.05) is 31.3 Å². The normalized spacial score (nSPS) is 19.5. The summed E-state index contributed by atoms with van der Waals surface area (Å²) in [5, 5.41) is 0. The van der Waals surface area contributed by atoms with Crippen LogP contribution in [0.2, 0.25) is 0 Å². The SMILES string of the molecule is O=C1CCCN1c1ccc(C=CC(=O)N2CCCC2c2nc3ccccc3[nH]2)cc1. The lowest BCUT2D eigenvalue weighted by Crippen LogP contribution is -2.29. The number of hydrogen-bond donors (Lipinski definition) is 1. The van der Waals surface area contributed by atoms with Crippen LogP contribution in [0.3, 0.4) is 0 Å². The highest BCUT2D eigenvalue weighted by Crippen LogP contribution is 2.31. The summed E-state index contributed by atoms with van der Waals surface area (Å²) < 4.78 is 0. The maximum absolute atomic E-state index is 12.9. The Morgan fingerprint density at radius 1 is 1.07 bits per heavy atom. The fourth-order valence-electron chi connectivity index (χ4n) is 4.39. The molecule has 5 rings (SSSR count). The minimum Gasteiger partial charge on any atom is -0.340 e. The summed E-state index contributed by atoms with van der Waals surface area (Å²) in [6.07, 6.45) is 6.90. The molecule has 2 amide bonds. The fourth-order valence-corrected chi connectivity index (χ4v) is 4.39. The van der Waals surface area contributed by atoms with E-state index < -0.39 is 0 Å². The van der Waals surface area contributed by atoms with Gasteiger partial charge in [-0.3, -0.25) is 9.59 Å². The van der Waals surface area contributed by atoms with Crippen LogP contribution in [0, 0.1) is 0 Å². The molecule has 1 aromatic heterocycles. The number of rotatable bonds is 4. The van der Waals surface area contributed by atoms with Gasteiger partial charge in [0.15, 0.2) is 0 Å². The van der Waals surface area contributed by atoms with E-state index in [0.29, 0.717) is 6.42 Å². The average molecular weight is 400 g/mol. The van der Waals surface area contributed by atoms with Crippen LogP contribution in [0.5, 0.6) is 0 Å². The third-order valence-electron chi connectivity index (χ3n) is 5.96. The highest BCUT2D eigenvalue weighted by Gasteiger charge is 2.31. The van der Waals surface area contributed by atoms with E-state index in [4.69, 9.17) is 4.98 Å². The van der Waals surface area contributed by atoms with E-state index in [1.165, 1.54) is 0 Å². The molecule has 152 valence electrons. The molecule has 2 aromatic carbocycles. The average Bonchev–Trinajstić information content (AvgIpc) is 3.51. The number of aromatic nitrogens is 2. The van der Waals surface area contributed by atoms with Crippen LogP contribution in [0.1, 0.15) is 43.1 Å². The minimum absolute atomic E-state index is 0.00301. The lowest BCUT2D eigenvalue weighted by Gasteiger charge is -2.21. The van der Waals surface area contributed by atoms with Crippen molar-refractivity contribution in [3.05, 3.63) is 66.0 Å². The van der Waals surface area contributed by atoms with Gasteiger partial charge in [-0.2, -0.15) is 0 Å². The number of nitrogens with one attached hydrogen (secondary N) is 1. The second kappa shape index (κ2) is 7.78. The molecule has 1 unspecified atom stereocenters. The molecule has 2 aliphatic heterocycles. The van der Waals surface area contributed by atoms with Crippen molar-refractivity contribution in [3.8, 4) is 0 Å². The first-order valence-electron chi connectivity index (χ1n) is 10.5. The number of likely N-dealkylation sites (tertiary alicyclic amines) is 1. The Morgan fingerprint density at radius 2 is 1.90 bits per heavy atom. The van der Waals surface area contributed by atoms with Crippen LogP contribution < -0.4 is 4.90 Å².